The number of aromatic nitrogens is 3. The number of pyridine rings is 1. The van der Waals surface area contributed by atoms with E-state index in [1.807, 2.05) is 12.1 Å². The van der Waals surface area contributed by atoms with E-state index < -0.39 is 0 Å². The Morgan fingerprint density at radius 2 is 1.86 bits per heavy atom. The van der Waals surface area contributed by atoms with Crippen LogP contribution in [-0.4, -0.2) is 15.1 Å². The van der Waals surface area contributed by atoms with Crippen LogP contribution in [0.3, 0.4) is 0 Å². The van der Waals surface area contributed by atoms with E-state index in [1.54, 1.807) is 12.4 Å². The Hall–Kier alpha value is -1.42. The Bertz CT molecular complexity index is 550. The molecule has 1 saturated carbocycles. The van der Waals surface area contributed by atoms with Crippen LogP contribution < -0.4 is 12.4 Å². The lowest BCUT2D eigenvalue weighted by Crippen LogP contribution is -3.00. The molecule has 0 atom stereocenters. The fraction of sp³-hybridized carbons (Fsp3) is 0.588. The van der Waals surface area contributed by atoms with E-state index in [0.29, 0.717) is 11.7 Å². The van der Waals surface area contributed by atoms with Crippen LogP contribution in [0.25, 0.3) is 11.4 Å². The first-order valence-corrected chi connectivity index (χ1v) is 8.10. The summed E-state index contributed by atoms with van der Waals surface area (Å²) in [5, 5.41) is 4.12. The van der Waals surface area contributed by atoms with E-state index in [9.17, 15) is 0 Å². The average Bonchev–Trinajstić information content (AvgIpc) is 3.04. The molecular weight excluding hydrogens is 298 g/mol. The van der Waals surface area contributed by atoms with Crippen molar-refractivity contribution < 1.29 is 16.9 Å². The zero-order valence-corrected chi connectivity index (χ0v) is 13.8. The van der Waals surface area contributed by atoms with E-state index in [2.05, 4.69) is 22.0 Å². The van der Waals surface area contributed by atoms with Crippen molar-refractivity contribution in [2.45, 2.75) is 57.8 Å². The van der Waals surface area contributed by atoms with Crippen LogP contribution in [0.15, 0.2) is 29.0 Å². The van der Waals surface area contributed by atoms with Crippen LogP contribution in [0.4, 0.5) is 0 Å². The van der Waals surface area contributed by atoms with Gasteiger partial charge in [0.05, 0.1) is 0 Å². The molecule has 0 aliphatic heterocycles. The minimum Gasteiger partial charge on any atom is -1.00 e. The Balaban J connectivity index is 0.00000176. The molecule has 0 amide bonds. The molecule has 2 aromatic rings. The first-order valence-electron chi connectivity index (χ1n) is 8.10. The van der Waals surface area contributed by atoms with Crippen molar-refractivity contribution in [2.24, 2.45) is 5.92 Å². The summed E-state index contributed by atoms with van der Waals surface area (Å²) in [5.74, 6) is 2.85. The van der Waals surface area contributed by atoms with Crippen molar-refractivity contribution in [3.05, 3.63) is 30.4 Å². The number of hydrogen-bond acceptors (Lipinski definition) is 4. The molecule has 0 unspecified atom stereocenters. The van der Waals surface area contributed by atoms with Crippen LogP contribution in [0.1, 0.15) is 63.7 Å². The molecule has 3 rings (SSSR count). The van der Waals surface area contributed by atoms with Crippen LogP contribution in [0.5, 0.6) is 0 Å². The maximum atomic E-state index is 5.49. The summed E-state index contributed by atoms with van der Waals surface area (Å²) < 4.78 is 5.49. The maximum Gasteiger partial charge on any atom is 0.230 e. The highest BCUT2D eigenvalue weighted by molar-refractivity contribution is 5.52. The van der Waals surface area contributed by atoms with Gasteiger partial charge in [-0.15, -0.1) is 0 Å². The highest BCUT2D eigenvalue weighted by atomic mass is 35.5. The summed E-state index contributed by atoms with van der Waals surface area (Å²) in [6.45, 7) is 2.27. The number of halogens is 1. The van der Waals surface area contributed by atoms with Gasteiger partial charge in [-0.3, -0.25) is 4.98 Å². The molecular formula is C17H23ClN3O-. The average molecular weight is 321 g/mol. The Kier molecular flexibility index (Phi) is 6.37. The largest absolute Gasteiger partial charge is 1.00 e. The molecule has 0 spiro atoms. The normalized spacial score (nSPS) is 21.3. The minimum absolute atomic E-state index is 0. The van der Waals surface area contributed by atoms with Gasteiger partial charge in [0.25, 0.3) is 0 Å². The second-order valence-electron chi connectivity index (χ2n) is 6.05. The summed E-state index contributed by atoms with van der Waals surface area (Å²) in [6.07, 6.45) is 12.5. The van der Waals surface area contributed by atoms with Crippen molar-refractivity contribution in [1.29, 1.82) is 0 Å². The standard InChI is InChI=1S/C17H23N3O.ClH/c1-2-3-4-13-5-7-15(8-6-13)17-19-16(20-21-17)14-9-11-18-12-10-14;/h9-13,15H,2-8H2,1H3;1H/p-1. The molecule has 0 bridgehead atoms. The third-order valence-electron chi connectivity index (χ3n) is 4.54. The van der Waals surface area contributed by atoms with Crippen molar-refractivity contribution >= 4 is 0 Å². The molecule has 1 fully saturated rings. The van der Waals surface area contributed by atoms with Gasteiger partial charge in [0.15, 0.2) is 0 Å². The summed E-state index contributed by atoms with van der Waals surface area (Å²) >= 11 is 0. The zero-order valence-electron chi connectivity index (χ0n) is 13.0. The lowest BCUT2D eigenvalue weighted by molar-refractivity contribution is -0.00000504. The third-order valence-corrected chi connectivity index (χ3v) is 4.54. The fourth-order valence-electron chi connectivity index (χ4n) is 3.21. The summed E-state index contributed by atoms with van der Waals surface area (Å²) in [6, 6.07) is 3.83. The number of nitrogens with zero attached hydrogens (tertiary/aromatic N) is 3. The molecule has 0 radical (unpaired) electrons. The second-order valence-corrected chi connectivity index (χ2v) is 6.05. The summed E-state index contributed by atoms with van der Waals surface area (Å²) in [4.78, 5) is 8.60. The molecule has 5 heteroatoms. The van der Waals surface area contributed by atoms with Crippen LogP contribution in [0.2, 0.25) is 0 Å². The topological polar surface area (TPSA) is 51.8 Å². The van der Waals surface area contributed by atoms with Gasteiger partial charge in [0.2, 0.25) is 11.7 Å². The van der Waals surface area contributed by atoms with Gasteiger partial charge in [-0.05, 0) is 43.7 Å². The molecule has 1 aliphatic carbocycles. The van der Waals surface area contributed by atoms with Gasteiger partial charge < -0.3 is 16.9 Å². The lowest BCUT2D eigenvalue weighted by atomic mass is 9.80. The van der Waals surface area contributed by atoms with Crippen LogP contribution >= 0.6 is 0 Å². The first kappa shape index (κ1) is 16.9. The van der Waals surface area contributed by atoms with Gasteiger partial charge in [-0.2, -0.15) is 4.98 Å². The molecule has 0 N–H and O–H groups in total. The van der Waals surface area contributed by atoms with Crippen molar-refractivity contribution in [3.8, 4) is 11.4 Å². The molecule has 1 aliphatic rings. The first-order chi connectivity index (χ1) is 10.4. The quantitative estimate of drug-likeness (QED) is 0.839. The van der Waals surface area contributed by atoms with E-state index in [0.717, 1.165) is 17.4 Å². The predicted octanol–water partition coefficient (Wildman–Crippen LogP) is 1.60. The third kappa shape index (κ3) is 4.07. The molecule has 2 heterocycles. The Morgan fingerprint density at radius 3 is 2.55 bits per heavy atom. The number of hydrogen-bond donors (Lipinski definition) is 0. The summed E-state index contributed by atoms with van der Waals surface area (Å²) in [7, 11) is 0. The highest BCUT2D eigenvalue weighted by Gasteiger charge is 2.26. The SMILES string of the molecule is CCCCC1CCC(c2nc(-c3ccncc3)no2)CC1.[Cl-]. The van der Waals surface area contributed by atoms with Crippen LogP contribution in [0, 0.1) is 5.92 Å². The monoisotopic (exact) mass is 320 g/mol. The molecule has 22 heavy (non-hydrogen) atoms. The highest BCUT2D eigenvalue weighted by Crippen LogP contribution is 2.37. The zero-order chi connectivity index (χ0) is 14.5. The second kappa shape index (κ2) is 8.28. The molecule has 120 valence electrons. The van der Waals surface area contributed by atoms with Crippen molar-refractivity contribution in [1.82, 2.24) is 15.1 Å². The molecule has 4 nitrogen and oxygen atoms in total. The fourth-order valence-corrected chi connectivity index (χ4v) is 3.21. The van der Waals surface area contributed by atoms with Crippen LogP contribution in [-0.2, 0) is 0 Å². The van der Waals surface area contributed by atoms with Crippen molar-refractivity contribution in [3.63, 3.8) is 0 Å². The van der Waals surface area contributed by atoms with E-state index in [-0.39, 0.29) is 12.4 Å². The van der Waals surface area contributed by atoms with Gasteiger partial charge >= 0.3 is 0 Å². The molecule has 2 aromatic heterocycles. The maximum absolute atomic E-state index is 5.49. The molecule has 0 saturated heterocycles. The van der Waals surface area contributed by atoms with Gasteiger partial charge in [-0.25, -0.2) is 0 Å². The van der Waals surface area contributed by atoms with Crippen molar-refractivity contribution in [2.75, 3.05) is 0 Å². The van der Waals surface area contributed by atoms with E-state index >= 15 is 0 Å². The predicted molar refractivity (Wildman–Crippen MR) is 81.8 cm³/mol. The lowest BCUT2D eigenvalue weighted by Gasteiger charge is -2.26. The number of rotatable bonds is 5. The number of unbranched alkanes of at least 4 members (excludes halogenated alkanes) is 1. The van der Waals surface area contributed by atoms with Gasteiger partial charge in [-0.1, -0.05) is 31.3 Å². The minimum atomic E-state index is 0. The smallest absolute Gasteiger partial charge is 0.230 e. The Morgan fingerprint density at radius 1 is 1.14 bits per heavy atom. The van der Waals surface area contributed by atoms with E-state index in [1.165, 1.54) is 44.9 Å². The Labute approximate surface area is 138 Å². The summed E-state index contributed by atoms with van der Waals surface area (Å²) in [5.41, 5.74) is 0.969. The molecule has 0 aromatic carbocycles. The van der Waals surface area contributed by atoms with E-state index in [4.69, 9.17) is 4.52 Å². The van der Waals surface area contributed by atoms with Gasteiger partial charge in [0.1, 0.15) is 0 Å². The van der Waals surface area contributed by atoms with Gasteiger partial charge in [0, 0.05) is 23.9 Å².